The first-order valence-corrected chi connectivity index (χ1v) is 2.77. The Labute approximate surface area is 56.9 Å². The largest absolute Gasteiger partial charge is 0.479 e. The number of hydrogen-bond donors (Lipinski definition) is 3. The Balaban J connectivity index is 2.54. The number of ether oxygens (including phenoxy) is 1. The first-order chi connectivity index (χ1) is 4.56. The Morgan fingerprint density at radius 1 is 1.60 bits per heavy atom. The average Bonchev–Trinajstić information content (AvgIpc) is 1.81. The van der Waals surface area contributed by atoms with E-state index in [4.69, 9.17) is 15.3 Å². The van der Waals surface area contributed by atoms with E-state index in [9.17, 15) is 4.79 Å². The Bertz CT molecular complexity index is 150. The molecule has 0 saturated carbocycles. The van der Waals surface area contributed by atoms with Gasteiger partial charge in [0.1, 0.15) is 5.60 Å². The summed E-state index contributed by atoms with van der Waals surface area (Å²) >= 11 is 0. The van der Waals surface area contributed by atoms with Gasteiger partial charge in [-0.2, -0.15) is 0 Å². The molecule has 0 aliphatic carbocycles. The van der Waals surface area contributed by atoms with E-state index in [0.29, 0.717) is 0 Å². The molecule has 0 aromatic carbocycles. The monoisotopic (exact) mass is 148 g/mol. The van der Waals surface area contributed by atoms with Crippen LogP contribution in [0, 0.1) is 0 Å². The number of hydrogen-bond acceptors (Lipinski definition) is 4. The lowest BCUT2D eigenvalue weighted by molar-refractivity contribution is -0.230. The molecule has 0 radical (unpaired) electrons. The van der Waals surface area contributed by atoms with Gasteiger partial charge in [-0.1, -0.05) is 0 Å². The average molecular weight is 148 g/mol. The molecule has 5 heteroatoms. The molecule has 0 spiro atoms. The van der Waals surface area contributed by atoms with Crippen LogP contribution < -0.4 is 0 Å². The second-order valence-corrected chi connectivity index (χ2v) is 2.34. The smallest absolute Gasteiger partial charge is 0.335 e. The fraction of sp³-hybridized carbons (Fsp3) is 0.800. The second kappa shape index (κ2) is 2.19. The van der Waals surface area contributed by atoms with Gasteiger partial charge in [-0.25, -0.2) is 4.79 Å². The Hall–Kier alpha value is -0.650. The molecule has 1 unspecified atom stereocenters. The number of carboxylic acid groups (broad SMARTS) is 1. The molecule has 1 saturated heterocycles. The van der Waals surface area contributed by atoms with Crippen molar-refractivity contribution in [2.24, 2.45) is 0 Å². The van der Waals surface area contributed by atoms with Gasteiger partial charge >= 0.3 is 5.97 Å². The standard InChI is InChI=1S/C5H8O5/c6-3(4(7)8)5(9)1-10-2-5/h3,6,9H,1-2H2,(H,7,8). The lowest BCUT2D eigenvalue weighted by Gasteiger charge is -2.37. The van der Waals surface area contributed by atoms with Crippen LogP contribution in [0.2, 0.25) is 0 Å². The number of aliphatic hydroxyl groups is 2. The van der Waals surface area contributed by atoms with Gasteiger partial charge in [0.25, 0.3) is 0 Å². The van der Waals surface area contributed by atoms with Crippen molar-refractivity contribution in [2.75, 3.05) is 13.2 Å². The summed E-state index contributed by atoms with van der Waals surface area (Å²) in [5.74, 6) is -1.43. The number of carbonyl (C=O) groups is 1. The number of rotatable bonds is 2. The summed E-state index contributed by atoms with van der Waals surface area (Å²) in [7, 11) is 0. The van der Waals surface area contributed by atoms with Crippen molar-refractivity contribution in [1.82, 2.24) is 0 Å². The van der Waals surface area contributed by atoms with Crippen LogP contribution in [0.3, 0.4) is 0 Å². The van der Waals surface area contributed by atoms with E-state index < -0.39 is 17.7 Å². The maximum Gasteiger partial charge on any atom is 0.335 e. The zero-order valence-electron chi connectivity index (χ0n) is 5.15. The Morgan fingerprint density at radius 2 is 2.10 bits per heavy atom. The third-order valence-electron chi connectivity index (χ3n) is 1.45. The number of aliphatic hydroxyl groups excluding tert-OH is 1. The van der Waals surface area contributed by atoms with Gasteiger partial charge in [-0.05, 0) is 0 Å². The van der Waals surface area contributed by atoms with Gasteiger partial charge in [-0.3, -0.25) is 0 Å². The van der Waals surface area contributed by atoms with Gasteiger partial charge in [-0.15, -0.1) is 0 Å². The van der Waals surface area contributed by atoms with Crippen molar-refractivity contribution in [3.05, 3.63) is 0 Å². The van der Waals surface area contributed by atoms with Crippen molar-refractivity contribution < 1.29 is 24.9 Å². The summed E-state index contributed by atoms with van der Waals surface area (Å²) in [6.45, 7) is -0.221. The summed E-state index contributed by atoms with van der Waals surface area (Å²) in [4.78, 5) is 10.1. The maximum absolute atomic E-state index is 10.1. The van der Waals surface area contributed by atoms with Gasteiger partial charge in [0.05, 0.1) is 13.2 Å². The molecule has 0 aromatic heterocycles. The third kappa shape index (κ3) is 0.985. The molecule has 10 heavy (non-hydrogen) atoms. The van der Waals surface area contributed by atoms with Crippen LogP contribution in [-0.2, 0) is 9.53 Å². The normalized spacial score (nSPS) is 25.0. The van der Waals surface area contributed by atoms with Gasteiger partial charge < -0.3 is 20.1 Å². The molecule has 1 fully saturated rings. The number of aliphatic carboxylic acids is 1. The molecule has 58 valence electrons. The van der Waals surface area contributed by atoms with Crippen molar-refractivity contribution in [1.29, 1.82) is 0 Å². The predicted molar refractivity (Wildman–Crippen MR) is 29.4 cm³/mol. The summed E-state index contributed by atoms with van der Waals surface area (Å²) < 4.78 is 4.54. The Kier molecular flexibility index (Phi) is 1.63. The summed E-state index contributed by atoms with van der Waals surface area (Å²) in [5.41, 5.74) is -1.56. The van der Waals surface area contributed by atoms with E-state index in [-0.39, 0.29) is 13.2 Å². The van der Waals surface area contributed by atoms with Crippen LogP contribution in [0.5, 0.6) is 0 Å². The van der Waals surface area contributed by atoms with Crippen LogP contribution in [0.25, 0.3) is 0 Å². The van der Waals surface area contributed by atoms with E-state index in [1.54, 1.807) is 0 Å². The second-order valence-electron chi connectivity index (χ2n) is 2.34. The van der Waals surface area contributed by atoms with E-state index >= 15 is 0 Å². The van der Waals surface area contributed by atoms with E-state index in [0.717, 1.165) is 0 Å². The van der Waals surface area contributed by atoms with E-state index in [1.807, 2.05) is 0 Å². The molecule has 1 atom stereocenters. The highest BCUT2D eigenvalue weighted by Crippen LogP contribution is 2.20. The summed E-state index contributed by atoms with van der Waals surface area (Å²) in [6.07, 6.45) is -1.73. The zero-order valence-corrected chi connectivity index (χ0v) is 5.15. The minimum atomic E-state index is -1.73. The highest BCUT2D eigenvalue weighted by molar-refractivity contribution is 5.73. The molecule has 0 aromatic rings. The molecular formula is C5H8O5. The van der Waals surface area contributed by atoms with Gasteiger partial charge in [0.15, 0.2) is 6.10 Å². The van der Waals surface area contributed by atoms with E-state index in [1.165, 1.54) is 0 Å². The zero-order chi connectivity index (χ0) is 7.78. The van der Waals surface area contributed by atoms with Crippen molar-refractivity contribution in [3.63, 3.8) is 0 Å². The highest BCUT2D eigenvalue weighted by atomic mass is 16.6. The molecule has 5 nitrogen and oxygen atoms in total. The van der Waals surface area contributed by atoms with Crippen LogP contribution >= 0.6 is 0 Å². The quantitative estimate of drug-likeness (QED) is 0.429. The molecule has 1 heterocycles. The van der Waals surface area contributed by atoms with Crippen molar-refractivity contribution >= 4 is 5.97 Å². The fourth-order valence-electron chi connectivity index (χ4n) is 0.699. The minimum Gasteiger partial charge on any atom is -0.479 e. The van der Waals surface area contributed by atoms with Crippen LogP contribution in [0.1, 0.15) is 0 Å². The first kappa shape index (κ1) is 7.46. The summed E-state index contributed by atoms with van der Waals surface area (Å²) in [5, 5.41) is 26.1. The number of carboxylic acids is 1. The molecule has 0 bridgehead atoms. The maximum atomic E-state index is 10.1. The van der Waals surface area contributed by atoms with Crippen LogP contribution in [0.15, 0.2) is 0 Å². The van der Waals surface area contributed by atoms with Gasteiger partial charge in [0.2, 0.25) is 0 Å². The Morgan fingerprint density at radius 3 is 2.20 bits per heavy atom. The molecule has 1 rings (SSSR count). The SMILES string of the molecule is O=C(O)C(O)C1(O)COC1. The van der Waals surface area contributed by atoms with Gasteiger partial charge in [0, 0.05) is 0 Å². The first-order valence-electron chi connectivity index (χ1n) is 2.77. The van der Waals surface area contributed by atoms with Crippen LogP contribution in [-0.4, -0.2) is 46.2 Å². The molecule has 1 aliphatic rings. The fourth-order valence-corrected chi connectivity index (χ4v) is 0.699. The van der Waals surface area contributed by atoms with Crippen molar-refractivity contribution in [3.8, 4) is 0 Å². The predicted octanol–water partition coefficient (Wildman–Crippen LogP) is -1.81. The minimum absolute atomic E-state index is 0.111. The van der Waals surface area contributed by atoms with Crippen LogP contribution in [0.4, 0.5) is 0 Å². The molecular weight excluding hydrogens is 140 g/mol. The molecule has 0 amide bonds. The van der Waals surface area contributed by atoms with Crippen molar-refractivity contribution in [2.45, 2.75) is 11.7 Å². The van der Waals surface area contributed by atoms with E-state index in [2.05, 4.69) is 4.74 Å². The highest BCUT2D eigenvalue weighted by Gasteiger charge is 2.47. The molecule has 3 N–H and O–H groups in total. The topological polar surface area (TPSA) is 87.0 Å². The summed E-state index contributed by atoms with van der Waals surface area (Å²) in [6, 6.07) is 0. The third-order valence-corrected chi connectivity index (χ3v) is 1.45. The lowest BCUT2D eigenvalue weighted by atomic mass is 9.95. The molecule has 1 aliphatic heterocycles. The lowest BCUT2D eigenvalue weighted by Crippen LogP contribution is -2.60.